The largest absolute Gasteiger partial charge is 0.392 e. The van der Waals surface area contributed by atoms with Gasteiger partial charge in [0, 0.05) is 29.9 Å². The highest BCUT2D eigenvalue weighted by Gasteiger charge is 2.41. The van der Waals surface area contributed by atoms with Gasteiger partial charge in [-0.2, -0.15) is 0 Å². The van der Waals surface area contributed by atoms with Crippen LogP contribution in [0.2, 0.25) is 0 Å². The minimum absolute atomic E-state index is 0.0296. The summed E-state index contributed by atoms with van der Waals surface area (Å²) in [7, 11) is 0. The van der Waals surface area contributed by atoms with Gasteiger partial charge in [-0.1, -0.05) is 12.1 Å². The third-order valence-corrected chi connectivity index (χ3v) is 5.76. The van der Waals surface area contributed by atoms with E-state index in [4.69, 9.17) is 10.8 Å². The Morgan fingerprint density at radius 2 is 1.71 bits per heavy atom. The van der Waals surface area contributed by atoms with Gasteiger partial charge in [0.25, 0.3) is 5.91 Å². The molecule has 0 spiro atoms. The van der Waals surface area contributed by atoms with Gasteiger partial charge in [-0.15, -0.1) is 0 Å². The van der Waals surface area contributed by atoms with Gasteiger partial charge < -0.3 is 21.1 Å². The van der Waals surface area contributed by atoms with Crippen molar-refractivity contribution in [2.75, 3.05) is 4.90 Å². The van der Waals surface area contributed by atoms with Gasteiger partial charge in [0.15, 0.2) is 0 Å². The summed E-state index contributed by atoms with van der Waals surface area (Å²) in [5.74, 6) is 0.309. The first-order valence-corrected chi connectivity index (χ1v) is 9.60. The minimum Gasteiger partial charge on any atom is -0.392 e. The molecule has 0 radical (unpaired) electrons. The number of piperidine rings is 1. The molecule has 2 aliphatic rings. The fraction of sp³-hybridized carbons (Fsp3) is 0.381. The molecular weight excluding hydrogens is 356 g/mol. The van der Waals surface area contributed by atoms with Crippen molar-refractivity contribution in [2.45, 2.75) is 50.4 Å². The van der Waals surface area contributed by atoms with Crippen molar-refractivity contribution in [3.8, 4) is 0 Å². The highest BCUT2D eigenvalue weighted by Crippen LogP contribution is 2.38. The third kappa shape index (κ3) is 3.57. The van der Waals surface area contributed by atoms with Crippen LogP contribution < -0.4 is 16.0 Å². The van der Waals surface area contributed by atoms with Crippen molar-refractivity contribution in [3.05, 3.63) is 59.3 Å². The maximum absolute atomic E-state index is 12.6. The lowest BCUT2D eigenvalue weighted by Crippen LogP contribution is -2.50. The molecule has 2 bridgehead atoms. The van der Waals surface area contributed by atoms with Gasteiger partial charge in [-0.25, -0.2) is 4.98 Å². The summed E-state index contributed by atoms with van der Waals surface area (Å²) in [5.41, 5.74) is 7.10. The van der Waals surface area contributed by atoms with E-state index in [0.29, 0.717) is 23.2 Å². The molecule has 1 unspecified atom stereocenters. The Balaban J connectivity index is 1.41. The number of primary amides is 1. The van der Waals surface area contributed by atoms with Crippen LogP contribution in [-0.4, -0.2) is 40.0 Å². The Labute approximate surface area is 163 Å². The normalized spacial score (nSPS) is 23.5. The van der Waals surface area contributed by atoms with E-state index >= 15 is 0 Å². The quantitative estimate of drug-likeness (QED) is 0.730. The predicted octanol–water partition coefficient (Wildman–Crippen LogP) is 1.60. The Bertz CT molecular complexity index is 852. The summed E-state index contributed by atoms with van der Waals surface area (Å²) in [6.07, 6.45) is 5.41. The highest BCUT2D eigenvalue weighted by molar-refractivity contribution is 5.94. The Hall–Kier alpha value is -2.93. The summed E-state index contributed by atoms with van der Waals surface area (Å²) < 4.78 is 0. The fourth-order valence-corrected chi connectivity index (χ4v) is 4.38. The van der Waals surface area contributed by atoms with Crippen LogP contribution >= 0.6 is 0 Å². The van der Waals surface area contributed by atoms with E-state index in [1.165, 1.54) is 6.20 Å². The second-order valence-corrected chi connectivity index (χ2v) is 7.56. The van der Waals surface area contributed by atoms with Crippen LogP contribution in [0.5, 0.6) is 0 Å². The molecule has 7 heteroatoms. The van der Waals surface area contributed by atoms with Crippen molar-refractivity contribution in [2.24, 2.45) is 5.73 Å². The number of aliphatic hydroxyl groups is 1. The molecule has 3 heterocycles. The maximum atomic E-state index is 12.6. The van der Waals surface area contributed by atoms with Crippen molar-refractivity contribution in [1.82, 2.24) is 10.3 Å². The SMILES string of the molecule is NC(=O)c1ccc(N2[C@@H]3CC[C@H]2CC(NC(=O)c2ccc(CO)cc2)C3)nc1. The van der Waals surface area contributed by atoms with E-state index in [9.17, 15) is 9.59 Å². The maximum Gasteiger partial charge on any atom is 0.251 e. The van der Waals surface area contributed by atoms with Crippen LogP contribution in [0.1, 0.15) is 52.0 Å². The molecule has 4 N–H and O–H groups in total. The zero-order valence-corrected chi connectivity index (χ0v) is 15.5. The number of nitrogens with zero attached hydrogens (tertiary/aromatic N) is 2. The van der Waals surface area contributed by atoms with E-state index in [0.717, 1.165) is 37.1 Å². The number of fused-ring (bicyclic) bond motifs is 2. The highest BCUT2D eigenvalue weighted by atomic mass is 16.3. The second-order valence-electron chi connectivity index (χ2n) is 7.56. The number of benzene rings is 1. The minimum atomic E-state index is -0.476. The van der Waals surface area contributed by atoms with E-state index < -0.39 is 5.91 Å². The van der Waals surface area contributed by atoms with Gasteiger partial charge in [0.1, 0.15) is 5.82 Å². The fourth-order valence-electron chi connectivity index (χ4n) is 4.38. The van der Waals surface area contributed by atoms with E-state index in [-0.39, 0.29) is 18.6 Å². The van der Waals surface area contributed by atoms with Gasteiger partial charge in [-0.3, -0.25) is 9.59 Å². The number of hydrogen-bond donors (Lipinski definition) is 3. The van der Waals surface area contributed by atoms with E-state index in [1.807, 2.05) is 6.07 Å². The number of carbonyl (C=O) groups is 2. The number of amides is 2. The van der Waals surface area contributed by atoms with Crippen LogP contribution in [0.4, 0.5) is 5.82 Å². The van der Waals surface area contributed by atoms with Gasteiger partial charge >= 0.3 is 0 Å². The molecule has 146 valence electrons. The van der Waals surface area contributed by atoms with Crippen LogP contribution in [0.15, 0.2) is 42.6 Å². The Morgan fingerprint density at radius 3 is 2.25 bits per heavy atom. The average Bonchev–Trinajstić information content (AvgIpc) is 2.98. The van der Waals surface area contributed by atoms with Crippen molar-refractivity contribution in [1.29, 1.82) is 0 Å². The summed E-state index contributed by atoms with van der Waals surface area (Å²) >= 11 is 0. The lowest BCUT2D eigenvalue weighted by Gasteiger charge is -2.40. The first-order valence-electron chi connectivity index (χ1n) is 9.60. The molecule has 4 rings (SSSR count). The zero-order valence-electron chi connectivity index (χ0n) is 15.5. The van der Waals surface area contributed by atoms with Crippen molar-refractivity contribution in [3.63, 3.8) is 0 Å². The molecule has 7 nitrogen and oxygen atoms in total. The van der Waals surface area contributed by atoms with E-state index in [2.05, 4.69) is 15.2 Å². The van der Waals surface area contributed by atoms with E-state index in [1.54, 1.807) is 30.3 Å². The van der Waals surface area contributed by atoms with Gasteiger partial charge in [-0.05, 0) is 55.5 Å². The number of hydrogen-bond acceptors (Lipinski definition) is 5. The molecule has 2 aromatic rings. The summed E-state index contributed by atoms with van der Waals surface area (Å²) in [6.45, 7) is -0.0296. The van der Waals surface area contributed by atoms with Gasteiger partial charge in [0.2, 0.25) is 5.91 Å². The zero-order chi connectivity index (χ0) is 19.7. The summed E-state index contributed by atoms with van der Waals surface area (Å²) in [4.78, 5) is 30.6. The van der Waals surface area contributed by atoms with Crippen molar-refractivity contribution < 1.29 is 14.7 Å². The topological polar surface area (TPSA) is 109 Å². The summed E-state index contributed by atoms with van der Waals surface area (Å²) in [6, 6.07) is 11.4. The lowest BCUT2D eigenvalue weighted by atomic mass is 9.96. The van der Waals surface area contributed by atoms with Gasteiger partial charge in [0.05, 0.1) is 12.2 Å². The number of aromatic nitrogens is 1. The van der Waals surface area contributed by atoms with Crippen LogP contribution in [0.3, 0.4) is 0 Å². The number of pyridine rings is 1. The van der Waals surface area contributed by atoms with Crippen molar-refractivity contribution >= 4 is 17.6 Å². The molecule has 28 heavy (non-hydrogen) atoms. The van der Waals surface area contributed by atoms with Crippen LogP contribution in [0, 0.1) is 0 Å². The Morgan fingerprint density at radius 1 is 1.07 bits per heavy atom. The second kappa shape index (κ2) is 7.59. The molecular formula is C21H24N4O3. The summed E-state index contributed by atoms with van der Waals surface area (Å²) in [5, 5.41) is 12.3. The Kier molecular flexibility index (Phi) is 5.00. The smallest absolute Gasteiger partial charge is 0.251 e. The van der Waals surface area contributed by atoms with Crippen LogP contribution in [-0.2, 0) is 6.61 Å². The standard InChI is InChI=1S/C21H24N4O3/c22-20(27)15-5-8-19(23-11-15)25-17-6-7-18(25)10-16(9-17)24-21(28)14-3-1-13(12-26)2-4-14/h1-5,8,11,16-18,26H,6-7,9-10,12H2,(H2,22,27)(H,24,28)/t16?,17-,18+. The van der Waals surface area contributed by atoms with Crippen LogP contribution in [0.25, 0.3) is 0 Å². The molecule has 3 atom stereocenters. The number of aliphatic hydroxyl groups excluding tert-OH is 1. The first kappa shape index (κ1) is 18.4. The number of anilines is 1. The molecule has 1 aromatic heterocycles. The number of nitrogens with two attached hydrogens (primary N) is 1. The molecule has 2 amide bonds. The molecule has 2 saturated heterocycles. The number of carbonyl (C=O) groups excluding carboxylic acids is 2. The molecule has 2 aliphatic heterocycles. The molecule has 0 aliphatic carbocycles. The predicted molar refractivity (Wildman–Crippen MR) is 105 cm³/mol. The lowest BCUT2D eigenvalue weighted by molar-refractivity contribution is 0.0926. The first-order chi connectivity index (χ1) is 13.5. The number of rotatable bonds is 5. The third-order valence-electron chi connectivity index (χ3n) is 5.76. The average molecular weight is 380 g/mol. The number of nitrogens with one attached hydrogen (secondary N) is 1. The molecule has 1 aromatic carbocycles. The molecule has 0 saturated carbocycles. The molecule has 2 fully saturated rings. The monoisotopic (exact) mass is 380 g/mol.